The predicted octanol–water partition coefficient (Wildman–Crippen LogP) is 15.1. The van der Waals surface area contributed by atoms with Crippen molar-refractivity contribution < 1.29 is 8.83 Å². The summed E-state index contributed by atoms with van der Waals surface area (Å²) >= 11 is 0. The summed E-state index contributed by atoms with van der Waals surface area (Å²) in [5, 5.41) is 6.44. The Labute approximate surface area is 361 Å². The molecular formula is C57H34N4O2. The van der Waals surface area contributed by atoms with Gasteiger partial charge < -0.3 is 13.4 Å². The Morgan fingerprint density at radius 2 is 0.921 bits per heavy atom. The van der Waals surface area contributed by atoms with Gasteiger partial charge in [0.15, 0.2) is 17.5 Å². The maximum atomic E-state index is 6.74. The number of hydrogen-bond donors (Lipinski definition) is 0. The number of hydrogen-bond acceptors (Lipinski definition) is 5. The monoisotopic (exact) mass is 806 g/mol. The van der Waals surface area contributed by atoms with E-state index in [9.17, 15) is 0 Å². The number of para-hydroxylation sites is 3. The van der Waals surface area contributed by atoms with Crippen molar-refractivity contribution >= 4 is 65.7 Å². The molecule has 4 aromatic heterocycles. The topological polar surface area (TPSA) is 69.9 Å². The van der Waals surface area contributed by atoms with Gasteiger partial charge in [-0.05, 0) is 47.5 Å². The normalized spacial score (nSPS) is 11.8. The second-order valence-electron chi connectivity index (χ2n) is 15.9. The number of furan rings is 2. The molecule has 9 aromatic carbocycles. The summed E-state index contributed by atoms with van der Waals surface area (Å²) in [6.45, 7) is 0. The molecule has 0 aliphatic carbocycles. The van der Waals surface area contributed by atoms with Crippen molar-refractivity contribution in [1.29, 1.82) is 0 Å². The molecule has 6 nitrogen and oxygen atoms in total. The molecule has 0 amide bonds. The Hall–Kier alpha value is -8.61. The SMILES string of the molecule is c1ccc(-c2nc(-c3ccc4c(c3)oc3c(-c5ccccc5)cccc34)nc(-c3cccc4oc5cc(-n6c7ccccc7c7cccc(-c8ccccc8)c76)ccc5c34)n2)cc1. The van der Waals surface area contributed by atoms with Crippen molar-refractivity contribution in [2.75, 3.05) is 0 Å². The van der Waals surface area contributed by atoms with Crippen molar-refractivity contribution in [1.82, 2.24) is 19.5 Å². The molecule has 13 aromatic rings. The lowest BCUT2D eigenvalue weighted by Crippen LogP contribution is -2.00. The summed E-state index contributed by atoms with van der Waals surface area (Å²) in [7, 11) is 0. The number of benzene rings is 9. The van der Waals surface area contributed by atoms with Crippen LogP contribution in [-0.4, -0.2) is 19.5 Å². The van der Waals surface area contributed by atoms with Crippen molar-refractivity contribution in [3.05, 3.63) is 206 Å². The van der Waals surface area contributed by atoms with Gasteiger partial charge in [-0.3, -0.25) is 0 Å². The molecule has 0 bridgehead atoms. The molecule has 0 saturated carbocycles. The zero-order chi connectivity index (χ0) is 41.4. The fraction of sp³-hybridized carbons (Fsp3) is 0. The van der Waals surface area contributed by atoms with Crippen LogP contribution in [-0.2, 0) is 0 Å². The molecule has 0 saturated heterocycles. The minimum atomic E-state index is 0.553. The van der Waals surface area contributed by atoms with E-state index >= 15 is 0 Å². The van der Waals surface area contributed by atoms with Gasteiger partial charge in [0.25, 0.3) is 0 Å². The third kappa shape index (κ3) is 5.62. The largest absolute Gasteiger partial charge is 0.456 e. The van der Waals surface area contributed by atoms with Crippen molar-refractivity contribution in [2.24, 2.45) is 0 Å². The van der Waals surface area contributed by atoms with Crippen LogP contribution in [0.3, 0.4) is 0 Å². The summed E-state index contributed by atoms with van der Waals surface area (Å²) in [5.41, 5.74) is 13.6. The van der Waals surface area contributed by atoms with Crippen LogP contribution >= 0.6 is 0 Å². The van der Waals surface area contributed by atoms with Gasteiger partial charge >= 0.3 is 0 Å². The van der Waals surface area contributed by atoms with Crippen LogP contribution in [0.2, 0.25) is 0 Å². The van der Waals surface area contributed by atoms with Gasteiger partial charge in [0.1, 0.15) is 22.3 Å². The second kappa shape index (κ2) is 14.0. The van der Waals surface area contributed by atoms with Gasteiger partial charge in [-0.2, -0.15) is 0 Å². The standard InChI is InChI=1S/C57H34N4O2/c1-4-15-35(16-5-1)40-22-12-24-44-42-21-10-11-27-48(42)61(53(40)44)39-30-32-46-51(34-39)62-49-28-14-26-47(52(46)49)57-59-55(37-19-8-3-9-20-37)58-56(60-57)38-29-31-43-45-25-13-23-41(36-17-6-2-7-18-36)54(45)63-50(43)33-38/h1-34H. The highest BCUT2D eigenvalue weighted by Crippen LogP contribution is 2.42. The van der Waals surface area contributed by atoms with E-state index in [2.05, 4.69) is 156 Å². The summed E-state index contributed by atoms with van der Waals surface area (Å²) in [6.07, 6.45) is 0. The molecule has 0 fully saturated rings. The van der Waals surface area contributed by atoms with Crippen molar-refractivity contribution in [3.8, 4) is 62.1 Å². The quantitative estimate of drug-likeness (QED) is 0.167. The first-order valence-corrected chi connectivity index (χ1v) is 21.1. The maximum absolute atomic E-state index is 6.74. The molecule has 6 heteroatoms. The lowest BCUT2D eigenvalue weighted by Gasteiger charge is -2.12. The third-order valence-electron chi connectivity index (χ3n) is 12.3. The van der Waals surface area contributed by atoms with Crippen molar-refractivity contribution in [3.63, 3.8) is 0 Å². The van der Waals surface area contributed by atoms with Crippen LogP contribution < -0.4 is 0 Å². The molecule has 63 heavy (non-hydrogen) atoms. The van der Waals surface area contributed by atoms with Crippen LogP contribution in [0.4, 0.5) is 0 Å². The predicted molar refractivity (Wildman–Crippen MR) is 256 cm³/mol. The lowest BCUT2D eigenvalue weighted by atomic mass is 10.0. The molecule has 13 rings (SSSR count). The number of nitrogens with zero attached hydrogens (tertiary/aromatic N) is 4. The number of fused-ring (bicyclic) bond motifs is 9. The van der Waals surface area contributed by atoms with Crippen LogP contribution in [0, 0.1) is 0 Å². The van der Waals surface area contributed by atoms with Crippen molar-refractivity contribution in [2.45, 2.75) is 0 Å². The van der Waals surface area contributed by atoms with E-state index in [0.29, 0.717) is 17.5 Å². The molecular weight excluding hydrogens is 773 g/mol. The van der Waals surface area contributed by atoms with Gasteiger partial charge in [0.2, 0.25) is 0 Å². The zero-order valence-electron chi connectivity index (χ0n) is 33.7. The van der Waals surface area contributed by atoms with Crippen LogP contribution in [0.5, 0.6) is 0 Å². The Bertz CT molecular complexity index is 3900. The highest BCUT2D eigenvalue weighted by molar-refractivity contribution is 6.15. The second-order valence-corrected chi connectivity index (χ2v) is 15.9. The molecule has 0 atom stereocenters. The Balaban J connectivity index is 0.983. The number of rotatable bonds is 6. The molecule has 0 aliphatic heterocycles. The fourth-order valence-corrected chi connectivity index (χ4v) is 9.40. The molecule has 294 valence electrons. The molecule has 0 N–H and O–H groups in total. The minimum absolute atomic E-state index is 0.553. The Morgan fingerprint density at radius 3 is 1.71 bits per heavy atom. The smallest absolute Gasteiger partial charge is 0.164 e. The van der Waals surface area contributed by atoms with Gasteiger partial charge in [-0.25, -0.2) is 15.0 Å². The summed E-state index contributed by atoms with van der Waals surface area (Å²) < 4.78 is 15.8. The van der Waals surface area contributed by atoms with Gasteiger partial charge in [-0.1, -0.05) is 164 Å². The van der Waals surface area contributed by atoms with E-state index < -0.39 is 0 Å². The first-order chi connectivity index (χ1) is 31.2. The molecule has 0 aliphatic rings. The molecule has 0 radical (unpaired) electrons. The van der Waals surface area contributed by atoms with E-state index in [4.69, 9.17) is 23.8 Å². The van der Waals surface area contributed by atoms with Gasteiger partial charge in [0.05, 0.1) is 11.0 Å². The zero-order valence-corrected chi connectivity index (χ0v) is 33.7. The number of aromatic nitrogens is 4. The first-order valence-electron chi connectivity index (χ1n) is 21.1. The van der Waals surface area contributed by atoms with Gasteiger partial charge in [-0.15, -0.1) is 0 Å². The summed E-state index contributed by atoms with van der Waals surface area (Å²) in [5.74, 6) is 1.69. The van der Waals surface area contributed by atoms with E-state index in [0.717, 1.165) is 88.4 Å². The van der Waals surface area contributed by atoms with E-state index in [-0.39, 0.29) is 0 Å². The highest BCUT2D eigenvalue weighted by Gasteiger charge is 2.21. The van der Waals surface area contributed by atoms with E-state index in [1.54, 1.807) is 0 Å². The van der Waals surface area contributed by atoms with Crippen LogP contribution in [0.15, 0.2) is 215 Å². The minimum Gasteiger partial charge on any atom is -0.456 e. The highest BCUT2D eigenvalue weighted by atomic mass is 16.3. The lowest BCUT2D eigenvalue weighted by molar-refractivity contribution is 0.668. The van der Waals surface area contributed by atoms with E-state index in [1.165, 1.54) is 21.9 Å². The fourth-order valence-electron chi connectivity index (χ4n) is 9.40. The average molecular weight is 807 g/mol. The summed E-state index contributed by atoms with van der Waals surface area (Å²) in [6, 6.07) is 71.4. The maximum Gasteiger partial charge on any atom is 0.164 e. The van der Waals surface area contributed by atoms with Crippen LogP contribution in [0.1, 0.15) is 0 Å². The first kappa shape index (κ1) is 35.2. The van der Waals surface area contributed by atoms with E-state index in [1.807, 2.05) is 54.6 Å². The molecule has 4 heterocycles. The Kier molecular flexibility index (Phi) is 7.80. The Morgan fingerprint density at radius 1 is 0.333 bits per heavy atom. The van der Waals surface area contributed by atoms with Crippen LogP contribution in [0.25, 0.3) is 128 Å². The average Bonchev–Trinajstić information content (AvgIpc) is 4.04. The van der Waals surface area contributed by atoms with Gasteiger partial charge in [0, 0.05) is 71.9 Å². The molecule has 0 spiro atoms. The summed E-state index contributed by atoms with van der Waals surface area (Å²) in [4.78, 5) is 15.5. The third-order valence-corrected chi connectivity index (χ3v) is 12.3. The molecule has 0 unspecified atom stereocenters.